The molecule has 5 heteroatoms. The predicted molar refractivity (Wildman–Crippen MR) is 248 cm³/mol. The van der Waals surface area contributed by atoms with Crippen LogP contribution in [-0.4, -0.2) is 19.5 Å². The molecule has 13 rings (SSSR count). The minimum absolute atomic E-state index is 0.541. The van der Waals surface area contributed by atoms with Gasteiger partial charge in [-0.05, 0) is 85.2 Å². The summed E-state index contributed by atoms with van der Waals surface area (Å²) in [6, 6.07) is 68.8. The molecule has 0 radical (unpaired) electrons. The molecule has 0 unspecified atom stereocenters. The predicted octanol–water partition coefficient (Wildman–Crippen LogP) is 14.5. The van der Waals surface area contributed by atoms with Crippen molar-refractivity contribution in [2.24, 2.45) is 0 Å². The van der Waals surface area contributed by atoms with Crippen molar-refractivity contribution in [1.82, 2.24) is 19.5 Å². The number of para-hydroxylation sites is 1. The van der Waals surface area contributed by atoms with Gasteiger partial charge in [0.15, 0.2) is 11.6 Å². The van der Waals surface area contributed by atoms with Crippen molar-refractivity contribution in [1.29, 1.82) is 0 Å². The Hall–Kier alpha value is -8.15. The van der Waals surface area contributed by atoms with E-state index in [1.165, 1.54) is 21.5 Å². The van der Waals surface area contributed by atoms with Gasteiger partial charge in [-0.3, -0.25) is 4.57 Å². The lowest BCUT2D eigenvalue weighted by Gasteiger charge is -2.12. The molecule has 0 spiro atoms. The van der Waals surface area contributed by atoms with Crippen LogP contribution in [0.15, 0.2) is 199 Å². The third kappa shape index (κ3) is 5.03. The molecule has 0 N–H and O–H groups in total. The van der Waals surface area contributed by atoms with Crippen molar-refractivity contribution in [2.45, 2.75) is 0 Å². The van der Waals surface area contributed by atoms with Crippen LogP contribution in [0.25, 0.3) is 127 Å². The van der Waals surface area contributed by atoms with Crippen molar-refractivity contribution >= 4 is 86.8 Å². The quantitative estimate of drug-likeness (QED) is 0.179. The number of fused-ring (bicyclic) bond motifs is 11. The van der Waals surface area contributed by atoms with E-state index < -0.39 is 0 Å². The number of hydrogen-bond donors (Lipinski definition) is 0. The summed E-state index contributed by atoms with van der Waals surface area (Å²) < 4.78 is 9.00. The van der Waals surface area contributed by atoms with Gasteiger partial charge in [0.05, 0.1) is 16.6 Å². The largest absolute Gasteiger partial charge is 0.455 e. The number of aromatic nitrogens is 4. The molecule has 5 nitrogen and oxygen atoms in total. The second kappa shape index (κ2) is 12.7. The lowest BCUT2D eigenvalue weighted by Crippen LogP contribution is -2.06. The maximum absolute atomic E-state index is 6.76. The van der Waals surface area contributed by atoms with Gasteiger partial charge in [-0.2, -0.15) is 9.97 Å². The first kappa shape index (κ1) is 32.9. The van der Waals surface area contributed by atoms with Crippen molar-refractivity contribution in [3.63, 3.8) is 0 Å². The molecule has 278 valence electrons. The highest BCUT2D eigenvalue weighted by Gasteiger charge is 2.22. The van der Waals surface area contributed by atoms with E-state index in [9.17, 15) is 0 Å². The summed E-state index contributed by atoms with van der Waals surface area (Å²) in [4.78, 5) is 16.1. The minimum atomic E-state index is 0.541. The lowest BCUT2D eigenvalue weighted by atomic mass is 10.00. The molecule has 0 amide bonds. The van der Waals surface area contributed by atoms with Gasteiger partial charge in [0.25, 0.3) is 0 Å². The average Bonchev–Trinajstić information content (AvgIpc) is 3.84. The zero-order valence-corrected chi connectivity index (χ0v) is 32.2. The van der Waals surface area contributed by atoms with Crippen molar-refractivity contribution in [2.75, 3.05) is 0 Å². The SMILES string of the molecule is c1ccc2cc(-c3ccc(-c4nc(-c5cccc6c5oc5cc7ccccc7cc56)nc(-n5c6cc7ccccc7cc6c6ccc7ccccc7c65)n4)cc3)ccc2c1. The van der Waals surface area contributed by atoms with Gasteiger partial charge in [0.1, 0.15) is 11.2 Å². The Balaban J connectivity index is 1.08. The van der Waals surface area contributed by atoms with Crippen molar-refractivity contribution in [3.8, 4) is 39.9 Å². The van der Waals surface area contributed by atoms with Crippen LogP contribution in [0.5, 0.6) is 0 Å². The van der Waals surface area contributed by atoms with E-state index in [0.29, 0.717) is 17.6 Å². The van der Waals surface area contributed by atoms with Gasteiger partial charge >= 0.3 is 0 Å². The van der Waals surface area contributed by atoms with E-state index in [-0.39, 0.29) is 0 Å². The van der Waals surface area contributed by atoms with Crippen LogP contribution < -0.4 is 0 Å². The van der Waals surface area contributed by atoms with Crippen LogP contribution in [0.4, 0.5) is 0 Å². The number of furan rings is 1. The number of nitrogens with zero attached hydrogens (tertiary/aromatic N) is 4. The van der Waals surface area contributed by atoms with Gasteiger partial charge in [-0.25, -0.2) is 4.98 Å². The molecule has 3 aromatic heterocycles. The molecule has 0 atom stereocenters. The Labute approximate surface area is 343 Å². The van der Waals surface area contributed by atoms with Crippen LogP contribution in [-0.2, 0) is 0 Å². The second-order valence-electron chi connectivity index (χ2n) is 15.6. The van der Waals surface area contributed by atoms with Crippen LogP contribution in [0.1, 0.15) is 0 Å². The number of rotatable bonds is 4. The van der Waals surface area contributed by atoms with E-state index in [1.54, 1.807) is 0 Å². The van der Waals surface area contributed by atoms with E-state index in [2.05, 4.69) is 199 Å². The highest BCUT2D eigenvalue weighted by atomic mass is 16.3. The fourth-order valence-electron chi connectivity index (χ4n) is 9.22. The third-order valence-corrected chi connectivity index (χ3v) is 12.2. The summed E-state index contributed by atoms with van der Waals surface area (Å²) >= 11 is 0. The monoisotopic (exact) mass is 764 g/mol. The summed E-state index contributed by atoms with van der Waals surface area (Å²) in [5.41, 5.74) is 7.65. The van der Waals surface area contributed by atoms with Crippen LogP contribution in [0.2, 0.25) is 0 Å². The van der Waals surface area contributed by atoms with E-state index in [4.69, 9.17) is 19.4 Å². The first-order valence-electron chi connectivity index (χ1n) is 20.3. The highest BCUT2D eigenvalue weighted by molar-refractivity contribution is 6.20. The maximum Gasteiger partial charge on any atom is 0.238 e. The number of hydrogen-bond acceptors (Lipinski definition) is 4. The molecule has 0 aliphatic carbocycles. The maximum atomic E-state index is 6.76. The standard InChI is InChI=1S/C55H32N4O/c1-2-12-37-28-42(25-22-33(37)10-1)34-20-23-36(24-21-34)53-56-54(46-19-9-18-45-48-30-39-14-4-6-16-41(39)32-50(48)60-52(45)46)58-55(57-53)59-49-31-40-15-5-3-13-38(40)29-47(49)44-27-26-35-11-7-8-17-43(35)51(44)59/h1-32H. The zero-order chi connectivity index (χ0) is 39.3. The smallest absolute Gasteiger partial charge is 0.238 e. The Morgan fingerprint density at radius 3 is 1.72 bits per heavy atom. The summed E-state index contributed by atoms with van der Waals surface area (Å²) in [5, 5.41) is 13.7. The van der Waals surface area contributed by atoms with E-state index >= 15 is 0 Å². The molecule has 60 heavy (non-hydrogen) atoms. The Bertz CT molecular complexity index is 3900. The lowest BCUT2D eigenvalue weighted by molar-refractivity contribution is 0.670. The van der Waals surface area contributed by atoms with Gasteiger partial charge in [0.2, 0.25) is 5.95 Å². The summed E-state index contributed by atoms with van der Waals surface area (Å²) in [6.45, 7) is 0. The summed E-state index contributed by atoms with van der Waals surface area (Å²) in [5.74, 6) is 1.66. The highest BCUT2D eigenvalue weighted by Crippen LogP contribution is 2.41. The molecular formula is C55H32N4O. The van der Waals surface area contributed by atoms with Gasteiger partial charge in [-0.1, -0.05) is 158 Å². The van der Waals surface area contributed by atoms with Gasteiger partial charge in [-0.15, -0.1) is 0 Å². The molecule has 10 aromatic carbocycles. The van der Waals surface area contributed by atoms with Crippen LogP contribution in [0.3, 0.4) is 0 Å². The topological polar surface area (TPSA) is 56.7 Å². The summed E-state index contributed by atoms with van der Waals surface area (Å²) in [7, 11) is 0. The Kier molecular flexibility index (Phi) is 6.95. The Morgan fingerprint density at radius 2 is 0.933 bits per heavy atom. The summed E-state index contributed by atoms with van der Waals surface area (Å²) in [6.07, 6.45) is 0. The van der Waals surface area contributed by atoms with E-state index in [0.717, 1.165) is 87.5 Å². The molecular weight excluding hydrogens is 733 g/mol. The molecule has 13 aromatic rings. The van der Waals surface area contributed by atoms with Crippen LogP contribution in [0, 0.1) is 0 Å². The first-order chi connectivity index (χ1) is 29.7. The van der Waals surface area contributed by atoms with Crippen LogP contribution >= 0.6 is 0 Å². The zero-order valence-electron chi connectivity index (χ0n) is 32.2. The fourth-order valence-corrected chi connectivity index (χ4v) is 9.22. The molecule has 0 aliphatic rings. The second-order valence-corrected chi connectivity index (χ2v) is 15.6. The normalized spacial score (nSPS) is 12.0. The Morgan fingerprint density at radius 1 is 0.350 bits per heavy atom. The molecule has 0 aliphatic heterocycles. The number of benzene rings is 10. The fraction of sp³-hybridized carbons (Fsp3) is 0. The van der Waals surface area contributed by atoms with E-state index in [1.807, 2.05) is 0 Å². The first-order valence-corrected chi connectivity index (χ1v) is 20.3. The molecule has 0 bridgehead atoms. The van der Waals surface area contributed by atoms with Crippen molar-refractivity contribution < 1.29 is 4.42 Å². The molecule has 0 fully saturated rings. The molecule has 3 heterocycles. The molecule has 0 saturated carbocycles. The minimum Gasteiger partial charge on any atom is -0.455 e. The van der Waals surface area contributed by atoms with Crippen molar-refractivity contribution in [3.05, 3.63) is 194 Å². The van der Waals surface area contributed by atoms with Gasteiger partial charge in [0, 0.05) is 32.5 Å². The van der Waals surface area contributed by atoms with Gasteiger partial charge < -0.3 is 4.42 Å². The third-order valence-electron chi connectivity index (χ3n) is 12.2. The average molecular weight is 765 g/mol. The molecule has 0 saturated heterocycles.